The zero-order chi connectivity index (χ0) is 13.4. The summed E-state index contributed by atoms with van der Waals surface area (Å²) >= 11 is 0. The van der Waals surface area contributed by atoms with Crippen LogP contribution < -0.4 is 10.6 Å². The van der Waals surface area contributed by atoms with Crippen molar-refractivity contribution in [1.29, 1.82) is 0 Å². The molecule has 3 atom stereocenters. The van der Waals surface area contributed by atoms with Crippen molar-refractivity contribution < 1.29 is 19.4 Å². The lowest BCUT2D eigenvalue weighted by Crippen LogP contribution is -2.51. The standard InChI is InChI=1S/C13H20N2O4/c16-12(17)10(7-1-2-7)15-13(18)14-9-5-6-19-11(9)8-3-4-8/h7-11H,1-6H2,(H,16,17)(H2,14,15,18). The first-order valence-corrected chi connectivity index (χ1v) is 7.06. The number of hydrogen-bond donors (Lipinski definition) is 3. The summed E-state index contributed by atoms with van der Waals surface area (Å²) in [5.41, 5.74) is 0. The van der Waals surface area contributed by atoms with E-state index in [4.69, 9.17) is 9.84 Å². The summed E-state index contributed by atoms with van der Waals surface area (Å²) in [6.45, 7) is 0.678. The van der Waals surface area contributed by atoms with Gasteiger partial charge in [-0.25, -0.2) is 9.59 Å². The van der Waals surface area contributed by atoms with E-state index in [0.29, 0.717) is 12.5 Å². The second-order valence-electron chi connectivity index (χ2n) is 5.84. The minimum Gasteiger partial charge on any atom is -0.480 e. The van der Waals surface area contributed by atoms with Crippen LogP contribution in [0, 0.1) is 11.8 Å². The molecule has 3 unspecified atom stereocenters. The Balaban J connectivity index is 1.51. The van der Waals surface area contributed by atoms with Gasteiger partial charge in [0.15, 0.2) is 0 Å². The Morgan fingerprint density at radius 3 is 2.47 bits per heavy atom. The Hall–Kier alpha value is -1.30. The highest BCUT2D eigenvalue weighted by Crippen LogP contribution is 2.38. The molecule has 3 aliphatic rings. The predicted octanol–water partition coefficient (Wildman–Crippen LogP) is 0.716. The highest BCUT2D eigenvalue weighted by molar-refractivity contribution is 5.83. The SMILES string of the molecule is O=C(NC1CCOC1C1CC1)NC(C(=O)O)C1CC1. The smallest absolute Gasteiger partial charge is 0.326 e. The Morgan fingerprint density at radius 1 is 1.16 bits per heavy atom. The van der Waals surface area contributed by atoms with Crippen molar-refractivity contribution in [2.45, 2.75) is 50.3 Å². The van der Waals surface area contributed by atoms with Crippen molar-refractivity contribution in [3.05, 3.63) is 0 Å². The number of nitrogens with one attached hydrogen (secondary N) is 2. The molecular formula is C13H20N2O4. The van der Waals surface area contributed by atoms with Gasteiger partial charge in [0, 0.05) is 6.61 Å². The van der Waals surface area contributed by atoms with Crippen molar-refractivity contribution in [3.63, 3.8) is 0 Å². The van der Waals surface area contributed by atoms with Gasteiger partial charge in [-0.2, -0.15) is 0 Å². The summed E-state index contributed by atoms with van der Waals surface area (Å²) in [6.07, 6.45) is 5.04. The Bertz CT molecular complexity index is 379. The maximum atomic E-state index is 11.9. The summed E-state index contributed by atoms with van der Waals surface area (Å²) < 4.78 is 5.64. The fourth-order valence-corrected chi connectivity index (χ4v) is 2.82. The van der Waals surface area contributed by atoms with Crippen molar-refractivity contribution in [2.75, 3.05) is 6.61 Å². The van der Waals surface area contributed by atoms with Crippen LogP contribution in [0.4, 0.5) is 4.79 Å². The van der Waals surface area contributed by atoms with Gasteiger partial charge >= 0.3 is 12.0 Å². The molecule has 0 aromatic carbocycles. The highest BCUT2D eigenvalue weighted by Gasteiger charge is 2.42. The van der Waals surface area contributed by atoms with Crippen LogP contribution in [0.25, 0.3) is 0 Å². The molecule has 1 aliphatic heterocycles. The molecule has 2 aliphatic carbocycles. The van der Waals surface area contributed by atoms with E-state index in [9.17, 15) is 9.59 Å². The van der Waals surface area contributed by atoms with Crippen LogP contribution in [0.5, 0.6) is 0 Å². The molecule has 6 nitrogen and oxygen atoms in total. The number of hydrogen-bond acceptors (Lipinski definition) is 3. The third kappa shape index (κ3) is 3.00. The number of carbonyl (C=O) groups excluding carboxylic acids is 1. The quantitative estimate of drug-likeness (QED) is 0.685. The van der Waals surface area contributed by atoms with Crippen LogP contribution in [0.2, 0.25) is 0 Å². The Labute approximate surface area is 111 Å². The van der Waals surface area contributed by atoms with Crippen LogP contribution >= 0.6 is 0 Å². The van der Waals surface area contributed by atoms with E-state index in [1.54, 1.807) is 0 Å². The molecule has 6 heteroatoms. The molecule has 2 amide bonds. The van der Waals surface area contributed by atoms with Gasteiger partial charge < -0.3 is 20.5 Å². The predicted molar refractivity (Wildman–Crippen MR) is 66.7 cm³/mol. The molecule has 0 spiro atoms. The Morgan fingerprint density at radius 2 is 1.89 bits per heavy atom. The molecule has 0 radical (unpaired) electrons. The van der Waals surface area contributed by atoms with Crippen LogP contribution in [0.3, 0.4) is 0 Å². The summed E-state index contributed by atoms with van der Waals surface area (Å²) in [5.74, 6) is -0.270. The lowest BCUT2D eigenvalue weighted by Gasteiger charge is -2.21. The molecule has 0 bridgehead atoms. The van der Waals surface area contributed by atoms with Crippen molar-refractivity contribution in [1.82, 2.24) is 10.6 Å². The first-order valence-electron chi connectivity index (χ1n) is 7.06. The molecule has 2 saturated carbocycles. The van der Waals surface area contributed by atoms with E-state index < -0.39 is 12.0 Å². The van der Waals surface area contributed by atoms with Crippen LogP contribution in [0.15, 0.2) is 0 Å². The van der Waals surface area contributed by atoms with Gasteiger partial charge in [0.05, 0.1) is 12.1 Å². The molecule has 3 N–H and O–H groups in total. The van der Waals surface area contributed by atoms with E-state index in [1.165, 1.54) is 12.8 Å². The van der Waals surface area contributed by atoms with Gasteiger partial charge in [0.1, 0.15) is 6.04 Å². The number of carboxylic acid groups (broad SMARTS) is 1. The lowest BCUT2D eigenvalue weighted by molar-refractivity contribution is -0.139. The van der Waals surface area contributed by atoms with Crippen molar-refractivity contribution in [3.8, 4) is 0 Å². The fourth-order valence-electron chi connectivity index (χ4n) is 2.82. The fraction of sp³-hybridized carbons (Fsp3) is 0.846. The topological polar surface area (TPSA) is 87.7 Å². The Kier molecular flexibility index (Phi) is 3.35. The van der Waals surface area contributed by atoms with Crippen LogP contribution in [-0.4, -0.2) is 41.9 Å². The molecular weight excluding hydrogens is 248 g/mol. The average Bonchev–Trinajstić information content (AvgIpc) is 3.26. The minimum atomic E-state index is -0.945. The number of carbonyl (C=O) groups is 2. The zero-order valence-electron chi connectivity index (χ0n) is 10.8. The van der Waals surface area contributed by atoms with Gasteiger partial charge in [0.2, 0.25) is 0 Å². The van der Waals surface area contributed by atoms with Crippen LogP contribution in [0.1, 0.15) is 32.1 Å². The molecule has 0 aromatic rings. The normalized spacial score (nSPS) is 31.8. The largest absolute Gasteiger partial charge is 0.480 e. The number of rotatable bonds is 5. The monoisotopic (exact) mass is 268 g/mol. The maximum absolute atomic E-state index is 11.9. The van der Waals surface area contributed by atoms with Gasteiger partial charge in [-0.15, -0.1) is 0 Å². The number of aliphatic carboxylic acids is 1. The third-order valence-electron chi connectivity index (χ3n) is 4.18. The summed E-state index contributed by atoms with van der Waals surface area (Å²) in [5, 5.41) is 14.5. The second kappa shape index (κ2) is 5.00. The summed E-state index contributed by atoms with van der Waals surface area (Å²) in [4.78, 5) is 23.0. The number of amides is 2. The summed E-state index contributed by atoms with van der Waals surface area (Å²) in [7, 11) is 0. The summed E-state index contributed by atoms with van der Waals surface area (Å²) in [6, 6.07) is -1.09. The van der Waals surface area contributed by atoms with Gasteiger partial charge in [0.25, 0.3) is 0 Å². The molecule has 19 heavy (non-hydrogen) atoms. The lowest BCUT2D eigenvalue weighted by atomic mass is 10.1. The molecule has 1 saturated heterocycles. The highest BCUT2D eigenvalue weighted by atomic mass is 16.5. The van der Waals surface area contributed by atoms with E-state index in [-0.39, 0.29) is 24.1 Å². The van der Waals surface area contributed by atoms with Gasteiger partial charge in [-0.3, -0.25) is 0 Å². The number of ether oxygens (including phenoxy) is 1. The molecule has 0 aromatic heterocycles. The van der Waals surface area contributed by atoms with Gasteiger partial charge in [-0.05, 0) is 43.9 Å². The van der Waals surface area contributed by atoms with E-state index in [1.807, 2.05) is 0 Å². The zero-order valence-corrected chi connectivity index (χ0v) is 10.8. The molecule has 3 rings (SSSR count). The maximum Gasteiger partial charge on any atom is 0.326 e. The third-order valence-corrected chi connectivity index (χ3v) is 4.18. The van der Waals surface area contributed by atoms with Crippen LogP contribution in [-0.2, 0) is 9.53 Å². The first kappa shape index (κ1) is 12.7. The molecule has 106 valence electrons. The minimum absolute atomic E-state index is 0.0288. The van der Waals surface area contributed by atoms with E-state index in [0.717, 1.165) is 19.3 Å². The van der Waals surface area contributed by atoms with Crippen molar-refractivity contribution >= 4 is 12.0 Å². The first-order chi connectivity index (χ1) is 9.15. The van der Waals surface area contributed by atoms with Gasteiger partial charge in [-0.1, -0.05) is 0 Å². The van der Waals surface area contributed by atoms with E-state index in [2.05, 4.69) is 10.6 Å². The van der Waals surface area contributed by atoms with Crippen molar-refractivity contribution in [2.24, 2.45) is 11.8 Å². The molecule has 1 heterocycles. The number of urea groups is 1. The van der Waals surface area contributed by atoms with E-state index >= 15 is 0 Å². The number of carboxylic acids is 1. The average molecular weight is 268 g/mol. The second-order valence-corrected chi connectivity index (χ2v) is 5.84. The molecule has 3 fully saturated rings.